The zero-order chi connectivity index (χ0) is 15.0. The Bertz CT molecular complexity index is 522. The minimum atomic E-state index is -1.02. The summed E-state index contributed by atoms with van der Waals surface area (Å²) >= 11 is 6.17. The molecule has 2 amide bonds. The van der Waals surface area contributed by atoms with Crippen molar-refractivity contribution in [2.24, 2.45) is 10.7 Å². The van der Waals surface area contributed by atoms with Crippen LogP contribution in [0.5, 0.6) is 0 Å². The molecule has 6 nitrogen and oxygen atoms in total. The largest absolute Gasteiger partial charge is 0.355 e. The summed E-state index contributed by atoms with van der Waals surface area (Å²) in [6.45, 7) is 5.93. The lowest BCUT2D eigenvalue weighted by Gasteiger charge is -2.34. The highest BCUT2D eigenvalue weighted by Crippen LogP contribution is 2.36. The van der Waals surface area contributed by atoms with Crippen LogP contribution in [0.25, 0.3) is 0 Å². The molecule has 2 aliphatic heterocycles. The predicted molar refractivity (Wildman–Crippen MR) is 77.7 cm³/mol. The zero-order valence-electron chi connectivity index (χ0n) is 11.8. The van der Waals surface area contributed by atoms with Crippen molar-refractivity contribution in [3.63, 3.8) is 0 Å². The second-order valence-corrected chi connectivity index (χ2v) is 5.24. The highest BCUT2D eigenvalue weighted by molar-refractivity contribution is 6.33. The van der Waals surface area contributed by atoms with Gasteiger partial charge < -0.3 is 15.7 Å². The third-order valence-electron chi connectivity index (χ3n) is 3.71. The smallest absolute Gasteiger partial charge is 0.324 e. The van der Waals surface area contributed by atoms with Crippen LogP contribution in [0.1, 0.15) is 33.6 Å². The Labute approximate surface area is 123 Å². The Hall–Kier alpha value is -1.53. The summed E-state index contributed by atoms with van der Waals surface area (Å²) in [6.07, 6.45) is 2.12. The monoisotopic (exact) mass is 298 g/mol. The molecule has 0 aliphatic carbocycles. The second-order valence-electron chi connectivity index (χ2n) is 4.84. The number of amides is 2. The third-order valence-corrected chi connectivity index (χ3v) is 4.10. The topological polar surface area (TPSA) is 82.2 Å². The average Bonchev–Trinajstić information content (AvgIpc) is 2.73. The van der Waals surface area contributed by atoms with Crippen LogP contribution in [-0.4, -0.2) is 39.2 Å². The van der Waals surface area contributed by atoms with Gasteiger partial charge in [0.25, 0.3) is 0 Å². The van der Waals surface area contributed by atoms with E-state index in [4.69, 9.17) is 17.3 Å². The lowest BCUT2D eigenvalue weighted by molar-refractivity contribution is 0.0198. The number of halogens is 1. The van der Waals surface area contributed by atoms with Gasteiger partial charge in [0, 0.05) is 12.2 Å². The summed E-state index contributed by atoms with van der Waals surface area (Å²) in [4.78, 5) is 18.6. The van der Waals surface area contributed by atoms with Gasteiger partial charge in [-0.15, -0.1) is 0 Å². The molecule has 0 aromatic heterocycles. The van der Waals surface area contributed by atoms with Gasteiger partial charge in [-0.2, -0.15) is 0 Å². The highest BCUT2D eigenvalue weighted by Gasteiger charge is 2.40. The Morgan fingerprint density at radius 3 is 2.65 bits per heavy atom. The highest BCUT2D eigenvalue weighted by atomic mass is 35.5. The number of aliphatic imine (C=N–C) groups is 1. The first-order valence-electron chi connectivity index (χ1n) is 6.64. The van der Waals surface area contributed by atoms with Gasteiger partial charge in [0.1, 0.15) is 0 Å². The number of allylic oxidation sites excluding steroid dienone is 2. The molecular formula is C13H19ClN4O2. The van der Waals surface area contributed by atoms with Gasteiger partial charge >= 0.3 is 6.03 Å². The average molecular weight is 299 g/mol. The number of aliphatic hydroxyl groups is 1. The van der Waals surface area contributed by atoms with E-state index >= 15 is 0 Å². The van der Waals surface area contributed by atoms with E-state index in [1.54, 1.807) is 4.90 Å². The van der Waals surface area contributed by atoms with Crippen molar-refractivity contribution in [1.82, 2.24) is 9.80 Å². The molecule has 0 spiro atoms. The number of urea groups is 1. The molecule has 2 heterocycles. The fourth-order valence-corrected chi connectivity index (χ4v) is 2.79. The van der Waals surface area contributed by atoms with E-state index in [1.807, 2.05) is 20.8 Å². The van der Waals surface area contributed by atoms with Crippen molar-refractivity contribution in [2.45, 2.75) is 46.0 Å². The van der Waals surface area contributed by atoms with Gasteiger partial charge in [-0.05, 0) is 25.3 Å². The normalized spacial score (nSPS) is 22.2. The molecule has 20 heavy (non-hydrogen) atoms. The predicted octanol–water partition coefficient (Wildman–Crippen LogP) is 1.91. The van der Waals surface area contributed by atoms with Crippen molar-refractivity contribution < 1.29 is 9.90 Å². The molecule has 1 atom stereocenters. The van der Waals surface area contributed by atoms with E-state index < -0.39 is 12.4 Å². The number of primary amides is 1. The number of aliphatic hydroxyl groups excluding tert-OH is 1. The first-order chi connectivity index (χ1) is 9.42. The van der Waals surface area contributed by atoms with Crippen LogP contribution in [0.4, 0.5) is 4.79 Å². The number of hydrogen-bond acceptors (Lipinski definition) is 4. The lowest BCUT2D eigenvalue weighted by atomic mass is 10.1. The van der Waals surface area contributed by atoms with Gasteiger partial charge in [-0.1, -0.05) is 25.4 Å². The zero-order valence-corrected chi connectivity index (χ0v) is 12.6. The summed E-state index contributed by atoms with van der Waals surface area (Å²) in [5.74, 6) is 0.360. The second kappa shape index (κ2) is 5.46. The minimum Gasteiger partial charge on any atom is -0.355 e. The van der Waals surface area contributed by atoms with Gasteiger partial charge in [0.15, 0.2) is 5.84 Å². The molecule has 0 aromatic rings. The summed E-state index contributed by atoms with van der Waals surface area (Å²) in [5.41, 5.74) is 6.80. The summed E-state index contributed by atoms with van der Waals surface area (Å²) in [5, 5.41) is 10.6. The molecule has 3 N–H and O–H groups in total. The van der Waals surface area contributed by atoms with Gasteiger partial charge in [0.2, 0.25) is 6.35 Å². The Morgan fingerprint density at radius 1 is 1.55 bits per heavy atom. The maximum atomic E-state index is 11.5. The van der Waals surface area contributed by atoms with Gasteiger partial charge in [-0.25, -0.2) is 9.79 Å². The first-order valence-corrected chi connectivity index (χ1v) is 7.01. The molecule has 0 fully saturated rings. The number of nitrogens with zero attached hydrogens (tertiary/aromatic N) is 3. The Morgan fingerprint density at radius 2 is 2.15 bits per heavy atom. The van der Waals surface area contributed by atoms with E-state index in [-0.39, 0.29) is 6.04 Å². The number of carbonyl (C=O) groups excluding carboxylic acids is 1. The van der Waals surface area contributed by atoms with Crippen molar-refractivity contribution >= 4 is 23.5 Å². The summed E-state index contributed by atoms with van der Waals surface area (Å²) < 4.78 is 0. The van der Waals surface area contributed by atoms with E-state index in [0.717, 1.165) is 18.4 Å². The summed E-state index contributed by atoms with van der Waals surface area (Å²) in [6, 6.07) is -0.556. The lowest BCUT2D eigenvalue weighted by Crippen LogP contribution is -2.44. The van der Waals surface area contributed by atoms with Crippen LogP contribution in [0.3, 0.4) is 0 Å². The molecule has 0 saturated carbocycles. The molecule has 110 valence electrons. The van der Waals surface area contributed by atoms with E-state index in [9.17, 15) is 9.90 Å². The molecule has 0 radical (unpaired) electrons. The van der Waals surface area contributed by atoms with Gasteiger partial charge in [0.05, 0.1) is 10.7 Å². The van der Waals surface area contributed by atoms with Crippen LogP contribution in [0.15, 0.2) is 27.5 Å². The third kappa shape index (κ3) is 2.19. The fraction of sp³-hybridized carbons (Fsp3) is 0.538. The molecule has 1 unspecified atom stereocenters. The molecular weight excluding hydrogens is 280 g/mol. The van der Waals surface area contributed by atoms with Crippen LogP contribution in [-0.2, 0) is 0 Å². The van der Waals surface area contributed by atoms with E-state index in [2.05, 4.69) is 4.99 Å². The Balaban J connectivity index is 2.52. The van der Waals surface area contributed by atoms with Crippen molar-refractivity contribution in [3.8, 4) is 0 Å². The van der Waals surface area contributed by atoms with Crippen molar-refractivity contribution in [3.05, 3.63) is 22.5 Å². The number of hydrogen-bond donors (Lipinski definition) is 2. The molecule has 0 bridgehead atoms. The van der Waals surface area contributed by atoms with Crippen LogP contribution >= 0.6 is 11.6 Å². The molecule has 0 aromatic carbocycles. The minimum absolute atomic E-state index is 0.119. The molecule has 2 aliphatic rings. The number of nitrogens with two attached hydrogens (primary N) is 1. The Kier molecular flexibility index (Phi) is 4.06. The number of fused-ring (bicyclic) bond motifs is 1. The van der Waals surface area contributed by atoms with Crippen molar-refractivity contribution in [1.29, 1.82) is 0 Å². The van der Waals surface area contributed by atoms with Crippen LogP contribution in [0.2, 0.25) is 0 Å². The van der Waals surface area contributed by atoms with E-state index in [1.165, 1.54) is 11.1 Å². The number of rotatable bonds is 3. The fourth-order valence-electron chi connectivity index (χ4n) is 2.61. The quantitative estimate of drug-likeness (QED) is 0.835. The van der Waals surface area contributed by atoms with Gasteiger partial charge in [-0.3, -0.25) is 4.90 Å². The van der Waals surface area contributed by atoms with Crippen LogP contribution in [0, 0.1) is 0 Å². The molecule has 2 rings (SSSR count). The van der Waals surface area contributed by atoms with Crippen LogP contribution < -0.4 is 5.73 Å². The molecule has 7 heteroatoms. The van der Waals surface area contributed by atoms with Crippen molar-refractivity contribution in [2.75, 3.05) is 0 Å². The molecule has 0 saturated heterocycles. The SMILES string of the molecule is CCC(CC)N1C2=C(C)C(Cl)=CN(C(N)=O)C2=NC1O. The number of carbonyl (C=O) groups is 1. The first kappa shape index (κ1) is 14.9. The standard InChI is InChI=1S/C13H19ClN4O2/c1-4-8(5-2)18-10-7(3)9(14)6-17(12(15)19)11(10)16-13(18)20/h6,8,13,20H,4-5H2,1-3H3,(H2,15,19). The maximum Gasteiger partial charge on any atom is 0.324 e. The maximum absolute atomic E-state index is 11.5. The van der Waals surface area contributed by atoms with E-state index in [0.29, 0.717) is 16.6 Å². The number of amidine groups is 1. The summed E-state index contributed by atoms with van der Waals surface area (Å²) in [7, 11) is 0.